The third kappa shape index (κ3) is 2.05. The number of rotatable bonds is 3. The minimum Gasteiger partial charge on any atom is -0.505 e. The summed E-state index contributed by atoms with van der Waals surface area (Å²) in [7, 11) is 3.14. The van der Waals surface area contributed by atoms with Crippen LogP contribution in [0.25, 0.3) is 0 Å². The third-order valence-electron chi connectivity index (χ3n) is 3.08. The number of carbonyl (C=O) groups is 1. The van der Waals surface area contributed by atoms with Crippen molar-refractivity contribution in [3.05, 3.63) is 49.8 Å². The van der Waals surface area contributed by atoms with Crippen LogP contribution in [-0.4, -0.2) is 30.0 Å². The highest BCUT2D eigenvalue weighted by Crippen LogP contribution is 2.30. The first-order chi connectivity index (χ1) is 9.34. The Hall–Kier alpha value is -2.63. The maximum atomic E-state index is 11.9. The third-order valence-corrected chi connectivity index (χ3v) is 3.08. The molecule has 0 bridgehead atoms. The molecule has 0 unspecified atom stereocenters. The minimum atomic E-state index is -0.619. The Morgan fingerprint density at radius 2 is 1.85 bits per heavy atom. The van der Waals surface area contributed by atoms with Crippen molar-refractivity contribution in [3.8, 4) is 5.75 Å². The summed E-state index contributed by atoms with van der Waals surface area (Å²) in [5.74, 6) is -0.605. The van der Waals surface area contributed by atoms with Gasteiger partial charge in [-0.25, -0.2) is 0 Å². The molecule has 104 valence electrons. The van der Waals surface area contributed by atoms with Crippen molar-refractivity contribution in [1.29, 1.82) is 0 Å². The molecule has 0 atom stereocenters. The van der Waals surface area contributed by atoms with E-state index in [0.717, 1.165) is 0 Å². The van der Waals surface area contributed by atoms with Gasteiger partial charge in [-0.15, -0.1) is 0 Å². The van der Waals surface area contributed by atoms with E-state index in [9.17, 15) is 19.5 Å². The molecule has 0 aromatic heterocycles. The van der Waals surface area contributed by atoms with E-state index in [1.165, 1.54) is 24.0 Å². The fourth-order valence-electron chi connectivity index (χ4n) is 1.85. The van der Waals surface area contributed by atoms with Crippen molar-refractivity contribution in [3.63, 3.8) is 0 Å². The molecule has 6 nitrogen and oxygen atoms in total. The second kappa shape index (κ2) is 4.80. The number of anilines is 2. The normalized spacial score (nSPS) is 10.6. The lowest BCUT2D eigenvalue weighted by molar-refractivity contribution is 0.0825. The molecular formula is C14H14N2O4. The number of hydrogen-bond acceptors (Lipinski definition) is 5. The van der Waals surface area contributed by atoms with Gasteiger partial charge in [-0.1, -0.05) is 6.07 Å². The van der Waals surface area contributed by atoms with Gasteiger partial charge < -0.3 is 15.3 Å². The Kier molecular flexibility index (Phi) is 3.31. The van der Waals surface area contributed by atoms with E-state index in [1.54, 1.807) is 20.2 Å². The number of nitrogens with zero attached hydrogens (tertiary/aromatic N) is 1. The Bertz CT molecular complexity index is 755. The van der Waals surface area contributed by atoms with Crippen molar-refractivity contribution in [2.75, 3.05) is 19.4 Å². The highest BCUT2D eigenvalue weighted by atomic mass is 16.3. The second-order valence-corrected chi connectivity index (χ2v) is 4.68. The Morgan fingerprint density at radius 3 is 2.40 bits per heavy atom. The van der Waals surface area contributed by atoms with Crippen LogP contribution in [0, 0.1) is 6.92 Å². The molecule has 0 saturated heterocycles. The quantitative estimate of drug-likeness (QED) is 0.637. The van der Waals surface area contributed by atoms with Gasteiger partial charge in [-0.2, -0.15) is 0 Å². The summed E-state index contributed by atoms with van der Waals surface area (Å²) in [5.41, 5.74) is -0.346. The standard InChI is InChI=1S/C14H14N2O4/c1-7-10(13(19)11(7)17)15-9-6-4-5-8(12(9)18)14(20)16(2)3/h4-6,15,18H,1-3H3. The van der Waals surface area contributed by atoms with Crippen LogP contribution in [0.5, 0.6) is 5.75 Å². The highest BCUT2D eigenvalue weighted by Gasteiger charge is 2.20. The first kappa shape index (κ1) is 13.8. The van der Waals surface area contributed by atoms with Gasteiger partial charge in [0, 0.05) is 19.7 Å². The maximum Gasteiger partial charge on any atom is 0.257 e. The summed E-state index contributed by atoms with van der Waals surface area (Å²) >= 11 is 0. The fourth-order valence-corrected chi connectivity index (χ4v) is 1.85. The largest absolute Gasteiger partial charge is 0.505 e. The van der Waals surface area contributed by atoms with Gasteiger partial charge in [0.2, 0.25) is 10.9 Å². The monoisotopic (exact) mass is 274 g/mol. The maximum absolute atomic E-state index is 11.9. The lowest BCUT2D eigenvalue weighted by Crippen LogP contribution is -2.36. The van der Waals surface area contributed by atoms with Gasteiger partial charge >= 0.3 is 0 Å². The number of amides is 1. The summed E-state index contributed by atoms with van der Waals surface area (Å²) in [5, 5.41) is 12.8. The van der Waals surface area contributed by atoms with Gasteiger partial charge in [0.15, 0.2) is 5.75 Å². The lowest BCUT2D eigenvalue weighted by Gasteiger charge is -2.15. The van der Waals surface area contributed by atoms with Crippen molar-refractivity contribution in [1.82, 2.24) is 4.90 Å². The summed E-state index contributed by atoms with van der Waals surface area (Å²) in [6, 6.07) is 4.59. The van der Waals surface area contributed by atoms with Crippen LogP contribution in [0.4, 0.5) is 11.4 Å². The average molecular weight is 274 g/mol. The van der Waals surface area contributed by atoms with E-state index in [0.29, 0.717) is 5.56 Å². The number of benzene rings is 1. The summed E-state index contributed by atoms with van der Waals surface area (Å²) in [6.07, 6.45) is 0. The van der Waals surface area contributed by atoms with Crippen LogP contribution in [0.2, 0.25) is 0 Å². The molecule has 0 aliphatic rings. The van der Waals surface area contributed by atoms with Gasteiger partial charge in [-0.3, -0.25) is 14.4 Å². The summed E-state index contributed by atoms with van der Waals surface area (Å²) in [4.78, 5) is 35.7. The van der Waals surface area contributed by atoms with E-state index < -0.39 is 10.9 Å². The minimum absolute atomic E-state index is 0.122. The van der Waals surface area contributed by atoms with E-state index in [-0.39, 0.29) is 28.6 Å². The van der Waals surface area contributed by atoms with Crippen LogP contribution in [0.1, 0.15) is 15.9 Å². The molecule has 0 aliphatic carbocycles. The molecule has 0 saturated carbocycles. The number of hydrogen-bond donors (Lipinski definition) is 2. The van der Waals surface area contributed by atoms with Crippen molar-refractivity contribution in [2.24, 2.45) is 0 Å². The first-order valence-corrected chi connectivity index (χ1v) is 5.95. The molecule has 1 amide bonds. The number of para-hydroxylation sites is 1. The van der Waals surface area contributed by atoms with E-state index in [4.69, 9.17) is 0 Å². The molecule has 0 heterocycles. The van der Waals surface area contributed by atoms with E-state index in [1.807, 2.05) is 0 Å². The number of phenols is 1. The zero-order chi connectivity index (χ0) is 15.0. The van der Waals surface area contributed by atoms with Crippen LogP contribution in [0.3, 0.4) is 0 Å². The zero-order valence-corrected chi connectivity index (χ0v) is 11.4. The predicted octanol–water partition coefficient (Wildman–Crippen LogP) is 0.742. The Morgan fingerprint density at radius 1 is 1.20 bits per heavy atom. The molecule has 2 aromatic carbocycles. The highest BCUT2D eigenvalue weighted by molar-refractivity contribution is 5.98. The van der Waals surface area contributed by atoms with E-state index >= 15 is 0 Å². The second-order valence-electron chi connectivity index (χ2n) is 4.68. The molecule has 6 heteroatoms. The topological polar surface area (TPSA) is 86.7 Å². The van der Waals surface area contributed by atoms with Gasteiger partial charge in [0.05, 0.1) is 16.9 Å². The van der Waals surface area contributed by atoms with Crippen LogP contribution in [0.15, 0.2) is 27.8 Å². The van der Waals surface area contributed by atoms with Gasteiger partial charge in [0.1, 0.15) is 0 Å². The number of carbonyl (C=O) groups excluding carboxylic acids is 1. The SMILES string of the molecule is Cc1c(Nc2cccc(C(=O)N(C)C)c2O)c(=O)c1=O. The van der Waals surface area contributed by atoms with Crippen molar-refractivity contribution >= 4 is 17.3 Å². The first-order valence-electron chi connectivity index (χ1n) is 5.95. The molecule has 2 rings (SSSR count). The van der Waals surface area contributed by atoms with E-state index in [2.05, 4.69) is 5.32 Å². The number of aromatic hydroxyl groups is 1. The summed E-state index contributed by atoms with van der Waals surface area (Å²) < 4.78 is 0. The predicted molar refractivity (Wildman–Crippen MR) is 75.5 cm³/mol. The molecule has 0 aliphatic heterocycles. The number of phenolic OH excluding ortho intramolecular Hbond substituents is 1. The lowest BCUT2D eigenvalue weighted by atomic mass is 10.1. The van der Waals surface area contributed by atoms with Gasteiger partial charge in [0.25, 0.3) is 5.91 Å². The van der Waals surface area contributed by atoms with Crippen LogP contribution < -0.4 is 16.2 Å². The molecule has 2 N–H and O–H groups in total. The van der Waals surface area contributed by atoms with Crippen LogP contribution >= 0.6 is 0 Å². The zero-order valence-electron chi connectivity index (χ0n) is 11.4. The van der Waals surface area contributed by atoms with Crippen LogP contribution in [-0.2, 0) is 0 Å². The molecule has 0 radical (unpaired) electrons. The number of nitrogens with one attached hydrogen (secondary N) is 1. The molecule has 20 heavy (non-hydrogen) atoms. The Balaban J connectivity index is 2.40. The van der Waals surface area contributed by atoms with Gasteiger partial charge in [-0.05, 0) is 19.1 Å². The molecule has 2 aromatic rings. The van der Waals surface area contributed by atoms with Crippen molar-refractivity contribution in [2.45, 2.75) is 6.92 Å². The fraction of sp³-hybridized carbons (Fsp3) is 0.214. The molecule has 0 fully saturated rings. The van der Waals surface area contributed by atoms with Crippen molar-refractivity contribution < 1.29 is 9.90 Å². The molecular weight excluding hydrogens is 260 g/mol. The summed E-state index contributed by atoms with van der Waals surface area (Å²) in [6.45, 7) is 1.53. The average Bonchev–Trinajstić information content (AvgIpc) is 2.44. The smallest absolute Gasteiger partial charge is 0.257 e. The Labute approximate surface area is 115 Å². The molecule has 0 spiro atoms.